The molecule has 3 rings (SSSR count). The number of hydrogen-bond donors (Lipinski definition) is 0. The van der Waals surface area contributed by atoms with E-state index >= 15 is 0 Å². The third-order valence-electron chi connectivity index (χ3n) is 5.52. The number of rotatable bonds is 5. The Bertz CT molecular complexity index is 746. The summed E-state index contributed by atoms with van der Waals surface area (Å²) in [6.07, 6.45) is 6.66. The first kappa shape index (κ1) is 18.6. The van der Waals surface area contributed by atoms with E-state index in [9.17, 15) is 4.79 Å². The molecule has 2 aromatic heterocycles. The van der Waals surface area contributed by atoms with E-state index in [0.29, 0.717) is 18.4 Å². The fraction of sp³-hybridized carbons (Fsp3) is 0.632. The normalized spacial score (nSPS) is 21.1. The van der Waals surface area contributed by atoms with Crippen LogP contribution in [0.5, 0.6) is 0 Å². The molecule has 26 heavy (non-hydrogen) atoms. The highest BCUT2D eigenvalue weighted by atomic mass is 16.5. The van der Waals surface area contributed by atoms with Crippen LogP contribution in [0.2, 0.25) is 0 Å². The number of amides is 1. The van der Waals surface area contributed by atoms with Gasteiger partial charge in [-0.15, -0.1) is 0 Å². The zero-order valence-electron chi connectivity index (χ0n) is 16.4. The number of carbonyl (C=O) groups is 1. The summed E-state index contributed by atoms with van der Waals surface area (Å²) in [7, 11) is 6.01. The molecule has 7 nitrogen and oxygen atoms in total. The Morgan fingerprint density at radius 1 is 1.38 bits per heavy atom. The minimum Gasteiger partial charge on any atom is -0.361 e. The maximum Gasteiger partial charge on any atom is 0.226 e. The van der Waals surface area contributed by atoms with Gasteiger partial charge in [0.15, 0.2) is 0 Å². The number of nitrogens with zero attached hydrogens (tertiary/aromatic N) is 5. The SMILES string of the molecule is Cc1noc(C)c1CC(=O)N(C)C[C@@H]1CCCN(C)[C@H]1c1cnn(C)c1. The zero-order valence-corrected chi connectivity index (χ0v) is 16.4. The minimum atomic E-state index is 0.109. The van der Waals surface area contributed by atoms with Crippen LogP contribution in [0.1, 0.15) is 41.5 Å². The lowest BCUT2D eigenvalue weighted by Gasteiger charge is -2.40. The molecule has 0 unspecified atom stereocenters. The first-order chi connectivity index (χ1) is 12.4. The van der Waals surface area contributed by atoms with E-state index in [2.05, 4.69) is 28.4 Å². The number of aromatic nitrogens is 3. The highest BCUT2D eigenvalue weighted by molar-refractivity contribution is 5.79. The van der Waals surface area contributed by atoms with E-state index in [4.69, 9.17) is 4.52 Å². The number of piperidine rings is 1. The van der Waals surface area contributed by atoms with Gasteiger partial charge < -0.3 is 9.42 Å². The van der Waals surface area contributed by atoms with Crippen molar-refractivity contribution < 1.29 is 9.32 Å². The monoisotopic (exact) mass is 359 g/mol. The molecule has 0 saturated carbocycles. The molecule has 0 bridgehead atoms. The fourth-order valence-electron chi connectivity index (χ4n) is 4.06. The highest BCUT2D eigenvalue weighted by Crippen LogP contribution is 2.35. The van der Waals surface area contributed by atoms with E-state index < -0.39 is 0 Å². The number of hydrogen-bond acceptors (Lipinski definition) is 5. The van der Waals surface area contributed by atoms with Crippen molar-refractivity contribution in [2.75, 3.05) is 27.2 Å². The maximum absolute atomic E-state index is 12.7. The Morgan fingerprint density at radius 3 is 2.77 bits per heavy atom. The lowest BCUT2D eigenvalue weighted by atomic mass is 9.85. The zero-order chi connectivity index (χ0) is 18.8. The van der Waals surface area contributed by atoms with Gasteiger partial charge >= 0.3 is 0 Å². The number of likely N-dealkylation sites (N-methyl/N-ethyl adjacent to an activating group) is 1. The Morgan fingerprint density at radius 2 is 2.15 bits per heavy atom. The van der Waals surface area contributed by atoms with Gasteiger partial charge in [0, 0.05) is 44.0 Å². The summed E-state index contributed by atoms with van der Waals surface area (Å²) in [4.78, 5) is 17.0. The van der Waals surface area contributed by atoms with Crippen LogP contribution in [0.15, 0.2) is 16.9 Å². The second-order valence-corrected chi connectivity index (χ2v) is 7.53. The summed E-state index contributed by atoms with van der Waals surface area (Å²) in [5, 5.41) is 8.28. The summed E-state index contributed by atoms with van der Waals surface area (Å²) in [5.74, 6) is 1.24. The third-order valence-corrected chi connectivity index (χ3v) is 5.52. The van der Waals surface area contributed by atoms with Crippen LogP contribution < -0.4 is 0 Å². The van der Waals surface area contributed by atoms with E-state index in [1.54, 1.807) is 0 Å². The molecular formula is C19H29N5O2. The summed E-state index contributed by atoms with van der Waals surface area (Å²) in [6.45, 7) is 5.56. The van der Waals surface area contributed by atoms with Gasteiger partial charge in [0.25, 0.3) is 0 Å². The number of aryl methyl sites for hydroxylation is 3. The van der Waals surface area contributed by atoms with Crippen LogP contribution in [-0.2, 0) is 18.3 Å². The molecule has 1 fully saturated rings. The molecule has 3 heterocycles. The van der Waals surface area contributed by atoms with Gasteiger partial charge in [-0.1, -0.05) is 5.16 Å². The quantitative estimate of drug-likeness (QED) is 0.818. The van der Waals surface area contributed by atoms with Crippen molar-refractivity contribution in [3.63, 3.8) is 0 Å². The second-order valence-electron chi connectivity index (χ2n) is 7.53. The van der Waals surface area contributed by atoms with Crippen molar-refractivity contribution in [1.29, 1.82) is 0 Å². The first-order valence-electron chi connectivity index (χ1n) is 9.21. The Kier molecular flexibility index (Phi) is 5.46. The molecule has 7 heteroatoms. The van der Waals surface area contributed by atoms with Crippen LogP contribution >= 0.6 is 0 Å². The second kappa shape index (κ2) is 7.61. The van der Waals surface area contributed by atoms with Gasteiger partial charge in [0.2, 0.25) is 5.91 Å². The van der Waals surface area contributed by atoms with Gasteiger partial charge in [-0.25, -0.2) is 0 Å². The summed E-state index contributed by atoms with van der Waals surface area (Å²) >= 11 is 0. The smallest absolute Gasteiger partial charge is 0.226 e. The van der Waals surface area contributed by atoms with Gasteiger partial charge in [0.1, 0.15) is 5.76 Å². The van der Waals surface area contributed by atoms with E-state index in [0.717, 1.165) is 42.9 Å². The molecule has 1 amide bonds. The van der Waals surface area contributed by atoms with Crippen molar-refractivity contribution in [2.24, 2.45) is 13.0 Å². The van der Waals surface area contributed by atoms with Crippen LogP contribution in [0.25, 0.3) is 0 Å². The molecule has 0 radical (unpaired) electrons. The van der Waals surface area contributed by atoms with Crippen LogP contribution in [0.3, 0.4) is 0 Å². The molecule has 0 N–H and O–H groups in total. The third kappa shape index (κ3) is 3.82. The lowest BCUT2D eigenvalue weighted by Crippen LogP contribution is -2.42. The maximum atomic E-state index is 12.7. The van der Waals surface area contributed by atoms with Gasteiger partial charge in [0.05, 0.1) is 18.3 Å². The predicted molar refractivity (Wildman–Crippen MR) is 98.6 cm³/mol. The van der Waals surface area contributed by atoms with E-state index in [-0.39, 0.29) is 5.91 Å². The molecule has 1 aliphatic heterocycles. The van der Waals surface area contributed by atoms with Crippen LogP contribution in [-0.4, -0.2) is 57.8 Å². The molecule has 1 saturated heterocycles. The fourth-order valence-corrected chi connectivity index (χ4v) is 4.06. The first-order valence-corrected chi connectivity index (χ1v) is 9.21. The Balaban J connectivity index is 1.70. The van der Waals surface area contributed by atoms with Crippen molar-refractivity contribution in [1.82, 2.24) is 24.7 Å². The molecule has 2 atom stereocenters. The van der Waals surface area contributed by atoms with E-state index in [1.165, 1.54) is 5.56 Å². The molecule has 0 aromatic carbocycles. The van der Waals surface area contributed by atoms with Gasteiger partial charge in [-0.2, -0.15) is 5.10 Å². The standard InChI is InChI=1S/C19H29N5O2/c1-13-17(14(2)26-21-13)9-18(25)23(4)11-15-7-6-8-22(3)19(15)16-10-20-24(5)12-16/h10,12,15,19H,6-9,11H2,1-5H3/t15-,19+/m0/s1. The van der Waals surface area contributed by atoms with Crippen molar-refractivity contribution in [3.05, 3.63) is 35.0 Å². The largest absolute Gasteiger partial charge is 0.361 e. The summed E-state index contributed by atoms with van der Waals surface area (Å²) < 4.78 is 7.03. The molecule has 0 aliphatic carbocycles. The summed E-state index contributed by atoms with van der Waals surface area (Å²) in [5.41, 5.74) is 2.94. The highest BCUT2D eigenvalue weighted by Gasteiger charge is 2.33. The van der Waals surface area contributed by atoms with Gasteiger partial charge in [-0.3, -0.25) is 14.4 Å². The molecule has 0 spiro atoms. The predicted octanol–water partition coefficient (Wildman–Crippen LogP) is 2.11. The van der Waals surface area contributed by atoms with Gasteiger partial charge in [-0.05, 0) is 46.2 Å². The van der Waals surface area contributed by atoms with Crippen molar-refractivity contribution >= 4 is 5.91 Å². The van der Waals surface area contributed by atoms with Crippen LogP contribution in [0, 0.1) is 19.8 Å². The average molecular weight is 359 g/mol. The average Bonchev–Trinajstić information content (AvgIpc) is 3.15. The van der Waals surface area contributed by atoms with Crippen molar-refractivity contribution in [3.8, 4) is 0 Å². The molecule has 1 aliphatic rings. The Labute approximate surface area is 154 Å². The van der Waals surface area contributed by atoms with Crippen molar-refractivity contribution in [2.45, 2.75) is 39.2 Å². The number of likely N-dealkylation sites (tertiary alicyclic amines) is 1. The summed E-state index contributed by atoms with van der Waals surface area (Å²) in [6, 6.07) is 0.298. The molecular weight excluding hydrogens is 330 g/mol. The number of carbonyl (C=O) groups excluding carboxylic acids is 1. The lowest BCUT2D eigenvalue weighted by molar-refractivity contribution is -0.130. The minimum absolute atomic E-state index is 0.109. The van der Waals surface area contributed by atoms with Crippen LogP contribution in [0.4, 0.5) is 0 Å². The molecule has 142 valence electrons. The Hall–Kier alpha value is -2.15. The molecule has 2 aromatic rings. The topological polar surface area (TPSA) is 67.4 Å². The van der Waals surface area contributed by atoms with E-state index in [1.807, 2.05) is 43.7 Å².